The minimum atomic E-state index is -5.08. The van der Waals surface area contributed by atoms with Gasteiger partial charge in [0.2, 0.25) is 11.8 Å². The van der Waals surface area contributed by atoms with Gasteiger partial charge in [-0.2, -0.15) is 13.2 Å². The Bertz CT molecular complexity index is 1180. The first-order valence-electron chi connectivity index (χ1n) is 14.1. The van der Waals surface area contributed by atoms with Crippen molar-refractivity contribution in [1.82, 2.24) is 10.2 Å². The highest BCUT2D eigenvalue weighted by molar-refractivity contribution is 5.99. The zero-order valence-corrected chi connectivity index (χ0v) is 24.7. The van der Waals surface area contributed by atoms with E-state index in [-0.39, 0.29) is 47.3 Å². The fourth-order valence-corrected chi connectivity index (χ4v) is 5.77. The molecule has 1 unspecified atom stereocenters. The quantitative estimate of drug-likeness (QED) is 0.387. The zero-order chi connectivity index (χ0) is 31.5. The number of carboxylic acids is 1. The fourth-order valence-electron chi connectivity index (χ4n) is 5.77. The van der Waals surface area contributed by atoms with E-state index >= 15 is 0 Å². The number of hydrogen-bond acceptors (Lipinski definition) is 7. The van der Waals surface area contributed by atoms with Crippen LogP contribution in [0.1, 0.15) is 77.8 Å². The number of nitrogens with two attached hydrogens (primary N) is 1. The van der Waals surface area contributed by atoms with Crippen LogP contribution in [-0.4, -0.2) is 70.8 Å². The predicted octanol–water partition coefficient (Wildman–Crippen LogP) is 4.19. The number of carboxylic acid groups (broad SMARTS) is 1. The molecule has 1 saturated carbocycles. The van der Waals surface area contributed by atoms with Crippen LogP contribution >= 0.6 is 0 Å². The molecule has 13 heteroatoms. The van der Waals surface area contributed by atoms with Gasteiger partial charge >= 0.3 is 12.1 Å². The Morgan fingerprint density at radius 2 is 1.88 bits per heavy atom. The number of aliphatic imine (C=N–C) groups is 1. The van der Waals surface area contributed by atoms with Crippen LogP contribution in [-0.2, 0) is 19.1 Å². The highest BCUT2D eigenvalue weighted by atomic mass is 19.4. The molecule has 42 heavy (non-hydrogen) atoms. The number of rotatable bonds is 9. The average Bonchev–Trinajstić information content (AvgIpc) is 3.70. The number of halogens is 3. The molecule has 234 valence electrons. The van der Waals surface area contributed by atoms with Gasteiger partial charge in [0.1, 0.15) is 11.4 Å². The lowest BCUT2D eigenvalue weighted by Gasteiger charge is -2.40. The van der Waals surface area contributed by atoms with Crippen molar-refractivity contribution in [2.24, 2.45) is 22.6 Å². The topological polar surface area (TPSA) is 144 Å². The number of hydrogen-bond donors (Lipinski definition) is 3. The molecular formula is C29H41F3N4O6. The maximum atomic E-state index is 13.4. The highest BCUT2D eigenvalue weighted by Crippen LogP contribution is 2.47. The van der Waals surface area contributed by atoms with Crippen molar-refractivity contribution >= 4 is 23.7 Å². The van der Waals surface area contributed by atoms with E-state index in [0.29, 0.717) is 25.9 Å². The van der Waals surface area contributed by atoms with E-state index in [2.05, 4.69) is 5.32 Å². The van der Waals surface area contributed by atoms with Gasteiger partial charge in [0.15, 0.2) is 5.96 Å². The number of benzene rings is 1. The number of methoxy groups -OCH3 is 1. The molecule has 10 nitrogen and oxygen atoms in total. The van der Waals surface area contributed by atoms with Gasteiger partial charge in [-0.25, -0.2) is 9.79 Å². The fraction of sp³-hybridized carbons (Fsp3) is 0.655. The second kappa shape index (κ2) is 12.9. The molecule has 0 bridgehead atoms. The summed E-state index contributed by atoms with van der Waals surface area (Å²) in [6.07, 6.45) is -1.17. The first kappa shape index (κ1) is 33.2. The Kier molecular flexibility index (Phi) is 10.2. The SMILES string of the molecule is CCC1(CC)CC(=O)N(C(CCOC)[C@@H]2C[C@H]2C(=O)N[C@@H]2CC(C)(C)Oc3ccccc32)C(N)=N1.O=C(O)C(F)(F)F. The number of amides is 2. The summed E-state index contributed by atoms with van der Waals surface area (Å²) in [4.78, 5) is 42.0. The molecule has 4 rings (SSSR count). The Hall–Kier alpha value is -3.35. The molecule has 0 saturated heterocycles. The number of ether oxygens (including phenoxy) is 2. The lowest BCUT2D eigenvalue weighted by atomic mass is 9.87. The van der Waals surface area contributed by atoms with Crippen molar-refractivity contribution in [3.8, 4) is 5.75 Å². The molecule has 0 aromatic heterocycles. The number of nitrogens with zero attached hydrogens (tertiary/aromatic N) is 2. The van der Waals surface area contributed by atoms with Gasteiger partial charge in [-0.3, -0.25) is 14.5 Å². The maximum Gasteiger partial charge on any atom is 0.490 e. The van der Waals surface area contributed by atoms with Gasteiger partial charge < -0.3 is 25.6 Å². The summed E-state index contributed by atoms with van der Waals surface area (Å²) in [5.74, 6) is -1.79. The molecule has 1 fully saturated rings. The van der Waals surface area contributed by atoms with E-state index in [1.165, 1.54) is 0 Å². The molecule has 2 aliphatic heterocycles. The number of fused-ring (bicyclic) bond motifs is 1. The highest BCUT2D eigenvalue weighted by Gasteiger charge is 2.53. The van der Waals surface area contributed by atoms with Crippen LogP contribution < -0.4 is 15.8 Å². The van der Waals surface area contributed by atoms with E-state index in [9.17, 15) is 22.8 Å². The minimum absolute atomic E-state index is 0.00605. The molecule has 2 amide bonds. The molecule has 0 radical (unpaired) electrons. The van der Waals surface area contributed by atoms with E-state index < -0.39 is 17.7 Å². The standard InChI is InChI=1S/C27H40N4O4.C2HF3O2/c1-6-27(7-2)16-23(32)31(25(28)30-27)21(12-13-34-5)18-14-19(18)24(33)29-20-15-26(3,4)35-22-11-9-8-10-17(20)22;3-2(4,5)1(6)7/h8-11,18-21H,6-7,12-16H2,1-5H3,(H2,28,30)(H,29,33);(H,6,7)/t18-,19-,20-,21?;/m1./s1. The second-order valence-corrected chi connectivity index (χ2v) is 11.7. The van der Waals surface area contributed by atoms with E-state index in [4.69, 9.17) is 30.1 Å². The third-order valence-electron chi connectivity index (χ3n) is 8.22. The summed E-state index contributed by atoms with van der Waals surface area (Å²) in [5, 5.41) is 10.4. The van der Waals surface area contributed by atoms with Crippen LogP contribution in [0.25, 0.3) is 0 Å². The number of para-hydroxylation sites is 1. The molecule has 2 heterocycles. The summed E-state index contributed by atoms with van der Waals surface area (Å²) < 4.78 is 43.2. The number of carbonyl (C=O) groups is 3. The molecule has 4 N–H and O–H groups in total. The largest absolute Gasteiger partial charge is 0.490 e. The lowest BCUT2D eigenvalue weighted by molar-refractivity contribution is -0.192. The minimum Gasteiger partial charge on any atom is -0.487 e. The maximum absolute atomic E-state index is 13.4. The Morgan fingerprint density at radius 3 is 2.43 bits per heavy atom. The number of aliphatic carboxylic acids is 1. The summed E-state index contributed by atoms with van der Waals surface area (Å²) in [6, 6.07) is 7.57. The van der Waals surface area contributed by atoms with Crippen molar-refractivity contribution in [2.75, 3.05) is 13.7 Å². The van der Waals surface area contributed by atoms with Gasteiger partial charge in [-0.1, -0.05) is 32.0 Å². The molecule has 1 aliphatic carbocycles. The van der Waals surface area contributed by atoms with Gasteiger partial charge in [0, 0.05) is 37.7 Å². The van der Waals surface area contributed by atoms with Gasteiger partial charge in [-0.15, -0.1) is 0 Å². The van der Waals surface area contributed by atoms with Crippen LogP contribution in [0.3, 0.4) is 0 Å². The monoisotopic (exact) mass is 598 g/mol. The van der Waals surface area contributed by atoms with Crippen molar-refractivity contribution < 1.29 is 42.1 Å². The lowest BCUT2D eigenvalue weighted by Crippen LogP contribution is -2.56. The molecule has 0 spiro atoms. The van der Waals surface area contributed by atoms with Crippen LogP contribution in [0.15, 0.2) is 29.3 Å². The van der Waals surface area contributed by atoms with Gasteiger partial charge in [-0.05, 0) is 51.5 Å². The summed E-state index contributed by atoms with van der Waals surface area (Å²) >= 11 is 0. The molecule has 4 atom stereocenters. The predicted molar refractivity (Wildman–Crippen MR) is 149 cm³/mol. The molecule has 3 aliphatic rings. The molecule has 1 aromatic carbocycles. The zero-order valence-electron chi connectivity index (χ0n) is 24.7. The van der Waals surface area contributed by atoms with E-state index in [1.54, 1.807) is 12.0 Å². The van der Waals surface area contributed by atoms with Crippen LogP contribution in [0.4, 0.5) is 13.2 Å². The first-order chi connectivity index (χ1) is 19.6. The van der Waals surface area contributed by atoms with Gasteiger partial charge in [0.05, 0.1) is 18.0 Å². The molecular weight excluding hydrogens is 557 g/mol. The van der Waals surface area contributed by atoms with Crippen LogP contribution in [0.2, 0.25) is 0 Å². The number of carbonyl (C=O) groups excluding carboxylic acids is 2. The van der Waals surface area contributed by atoms with Crippen molar-refractivity contribution in [3.05, 3.63) is 29.8 Å². The smallest absolute Gasteiger partial charge is 0.487 e. The second-order valence-electron chi connectivity index (χ2n) is 11.7. The summed E-state index contributed by atoms with van der Waals surface area (Å²) in [5.41, 5.74) is 6.60. The Labute approximate surface area is 243 Å². The number of nitrogens with one attached hydrogen (secondary N) is 1. The number of guanidine groups is 1. The van der Waals surface area contributed by atoms with Crippen molar-refractivity contribution in [3.63, 3.8) is 0 Å². The van der Waals surface area contributed by atoms with Crippen molar-refractivity contribution in [2.45, 2.75) is 95.6 Å². The van der Waals surface area contributed by atoms with Crippen molar-refractivity contribution in [1.29, 1.82) is 0 Å². The average molecular weight is 599 g/mol. The van der Waals surface area contributed by atoms with Gasteiger partial charge in [0.25, 0.3) is 0 Å². The van der Waals surface area contributed by atoms with E-state index in [0.717, 1.165) is 30.6 Å². The Balaban J connectivity index is 0.000000616. The normalized spacial score (nSPS) is 24.7. The third kappa shape index (κ3) is 7.73. The van der Waals surface area contributed by atoms with E-state index in [1.807, 2.05) is 52.0 Å². The summed E-state index contributed by atoms with van der Waals surface area (Å²) in [7, 11) is 1.65. The third-order valence-corrected chi connectivity index (χ3v) is 8.22. The Morgan fingerprint density at radius 1 is 1.26 bits per heavy atom. The van der Waals surface area contributed by atoms with Crippen LogP contribution in [0, 0.1) is 11.8 Å². The summed E-state index contributed by atoms with van der Waals surface area (Å²) in [6.45, 7) is 8.66. The number of alkyl halides is 3. The molecule has 1 aromatic rings. The van der Waals surface area contributed by atoms with Crippen LogP contribution in [0.5, 0.6) is 5.75 Å². The first-order valence-corrected chi connectivity index (χ1v) is 14.1.